The van der Waals surface area contributed by atoms with Crippen molar-refractivity contribution in [2.75, 3.05) is 0 Å². The van der Waals surface area contributed by atoms with E-state index in [0.29, 0.717) is 12.8 Å². The summed E-state index contributed by atoms with van der Waals surface area (Å²) in [6.07, 6.45) is 1.29. The molecule has 0 bridgehead atoms. The molecule has 0 heterocycles. The van der Waals surface area contributed by atoms with Crippen LogP contribution in [0.5, 0.6) is 0 Å². The summed E-state index contributed by atoms with van der Waals surface area (Å²) in [4.78, 5) is 23.2. The van der Waals surface area contributed by atoms with Crippen molar-refractivity contribution in [2.45, 2.75) is 32.2 Å². The van der Waals surface area contributed by atoms with Gasteiger partial charge in [0.15, 0.2) is 0 Å². The highest BCUT2D eigenvalue weighted by Crippen LogP contribution is 2.24. The van der Waals surface area contributed by atoms with E-state index < -0.39 is 12.0 Å². The fourth-order valence-electron chi connectivity index (χ4n) is 2.51. The smallest absolute Gasteiger partial charge is 0.326 e. The number of carboxylic acids is 1. The number of carboxylic acid groups (broad SMARTS) is 1. The predicted octanol–water partition coefficient (Wildman–Crippen LogP) is 3.27. The lowest BCUT2D eigenvalue weighted by atomic mass is 9.95. The monoisotopic (exact) mass is 311 g/mol. The summed E-state index contributed by atoms with van der Waals surface area (Å²) in [6, 6.07) is 16.6. The molecule has 0 aliphatic heterocycles. The minimum Gasteiger partial charge on any atom is -0.480 e. The van der Waals surface area contributed by atoms with Crippen LogP contribution >= 0.6 is 0 Å². The summed E-state index contributed by atoms with van der Waals surface area (Å²) in [6.45, 7) is 1.89. The van der Waals surface area contributed by atoms with Gasteiger partial charge >= 0.3 is 5.97 Å². The first-order valence-electron chi connectivity index (χ1n) is 7.77. The van der Waals surface area contributed by atoms with Crippen molar-refractivity contribution in [2.24, 2.45) is 0 Å². The third kappa shape index (κ3) is 4.68. The molecule has 2 aromatic carbocycles. The Morgan fingerprint density at radius 1 is 1.04 bits per heavy atom. The predicted molar refractivity (Wildman–Crippen MR) is 90.1 cm³/mol. The van der Waals surface area contributed by atoms with Gasteiger partial charge in [0.2, 0.25) is 5.91 Å². The molecule has 0 fully saturated rings. The highest BCUT2D eigenvalue weighted by Gasteiger charge is 2.21. The number of aliphatic carboxylic acids is 1. The quantitative estimate of drug-likeness (QED) is 0.825. The van der Waals surface area contributed by atoms with E-state index >= 15 is 0 Å². The van der Waals surface area contributed by atoms with Gasteiger partial charge in [0, 0.05) is 12.8 Å². The first kappa shape index (κ1) is 16.7. The van der Waals surface area contributed by atoms with Gasteiger partial charge in [0.25, 0.3) is 0 Å². The van der Waals surface area contributed by atoms with Gasteiger partial charge in [-0.1, -0.05) is 61.5 Å². The Labute approximate surface area is 136 Å². The van der Waals surface area contributed by atoms with E-state index in [2.05, 4.69) is 5.32 Å². The first-order chi connectivity index (χ1) is 11.1. The minimum atomic E-state index is -1.02. The number of rotatable bonds is 7. The molecule has 0 aliphatic rings. The van der Waals surface area contributed by atoms with Crippen LogP contribution in [0.15, 0.2) is 54.6 Å². The summed E-state index contributed by atoms with van der Waals surface area (Å²) in [7, 11) is 0. The number of carbonyl (C=O) groups excluding carboxylic acids is 1. The van der Waals surface area contributed by atoms with Crippen LogP contribution in [0, 0.1) is 0 Å². The molecular formula is C19H21NO3. The lowest BCUT2D eigenvalue weighted by molar-refractivity contribution is -0.141. The lowest BCUT2D eigenvalue weighted by Gasteiger charge is -2.17. The van der Waals surface area contributed by atoms with Crippen molar-refractivity contribution in [3.8, 4) is 11.1 Å². The van der Waals surface area contributed by atoms with Crippen molar-refractivity contribution < 1.29 is 14.7 Å². The molecule has 0 radical (unpaired) electrons. The van der Waals surface area contributed by atoms with Crippen LogP contribution in [0.3, 0.4) is 0 Å². The van der Waals surface area contributed by atoms with Gasteiger partial charge in [0.05, 0.1) is 0 Å². The minimum absolute atomic E-state index is 0.225. The van der Waals surface area contributed by atoms with Crippen molar-refractivity contribution in [1.82, 2.24) is 5.32 Å². The summed E-state index contributed by atoms with van der Waals surface area (Å²) in [5.74, 6) is -1.24. The molecule has 0 aliphatic carbocycles. The van der Waals surface area contributed by atoms with Crippen molar-refractivity contribution in [1.29, 1.82) is 0 Å². The number of nitrogens with one attached hydrogen (secondary N) is 1. The van der Waals surface area contributed by atoms with Crippen LogP contribution in [-0.4, -0.2) is 23.0 Å². The van der Waals surface area contributed by atoms with Gasteiger partial charge in [-0.25, -0.2) is 4.79 Å². The number of hydrogen-bond donors (Lipinski definition) is 2. The van der Waals surface area contributed by atoms with Crippen LogP contribution in [0.2, 0.25) is 0 Å². The van der Waals surface area contributed by atoms with Gasteiger partial charge in [-0.15, -0.1) is 0 Å². The summed E-state index contributed by atoms with van der Waals surface area (Å²) in [5.41, 5.74) is 2.93. The third-order valence-corrected chi connectivity index (χ3v) is 3.64. The Morgan fingerprint density at radius 2 is 1.70 bits per heavy atom. The largest absolute Gasteiger partial charge is 0.480 e. The second-order valence-corrected chi connectivity index (χ2v) is 5.44. The molecule has 4 nitrogen and oxygen atoms in total. The van der Waals surface area contributed by atoms with Crippen LogP contribution in [0.4, 0.5) is 0 Å². The fourth-order valence-corrected chi connectivity index (χ4v) is 2.51. The van der Waals surface area contributed by atoms with Crippen LogP contribution in [0.1, 0.15) is 25.3 Å². The van der Waals surface area contributed by atoms with E-state index in [0.717, 1.165) is 16.7 Å². The molecule has 1 unspecified atom stereocenters. The van der Waals surface area contributed by atoms with Gasteiger partial charge < -0.3 is 10.4 Å². The Kier molecular flexibility index (Phi) is 5.92. The van der Waals surface area contributed by atoms with Gasteiger partial charge in [0.1, 0.15) is 6.04 Å². The SMILES string of the molecule is CCCC(=O)NC(Cc1ccccc1-c1ccccc1)C(=O)O. The molecule has 2 N–H and O–H groups in total. The average molecular weight is 311 g/mol. The molecular weight excluding hydrogens is 290 g/mol. The first-order valence-corrected chi connectivity index (χ1v) is 7.77. The number of amides is 1. The number of hydrogen-bond acceptors (Lipinski definition) is 2. The highest BCUT2D eigenvalue weighted by atomic mass is 16.4. The molecule has 0 saturated carbocycles. The molecule has 120 valence electrons. The zero-order chi connectivity index (χ0) is 16.7. The standard InChI is InChI=1S/C19H21NO3/c1-2-8-18(21)20-17(19(22)23)13-15-11-6-7-12-16(15)14-9-4-3-5-10-14/h3-7,9-12,17H,2,8,13H2,1H3,(H,20,21)(H,22,23). The van der Waals surface area contributed by atoms with Gasteiger partial charge in [-0.3, -0.25) is 4.79 Å². The van der Waals surface area contributed by atoms with E-state index in [4.69, 9.17) is 0 Å². The second-order valence-electron chi connectivity index (χ2n) is 5.44. The molecule has 0 saturated heterocycles. The lowest BCUT2D eigenvalue weighted by Crippen LogP contribution is -2.42. The van der Waals surface area contributed by atoms with Gasteiger partial charge in [-0.05, 0) is 23.1 Å². The van der Waals surface area contributed by atoms with Crippen LogP contribution < -0.4 is 5.32 Å². The Morgan fingerprint density at radius 3 is 2.35 bits per heavy atom. The van der Waals surface area contributed by atoms with E-state index in [1.807, 2.05) is 61.5 Å². The molecule has 1 atom stereocenters. The maximum atomic E-state index is 11.7. The Hall–Kier alpha value is -2.62. The molecule has 4 heteroatoms. The van der Waals surface area contributed by atoms with Crippen molar-refractivity contribution in [3.05, 3.63) is 60.2 Å². The molecule has 2 aromatic rings. The molecule has 0 spiro atoms. The van der Waals surface area contributed by atoms with E-state index in [1.165, 1.54) is 0 Å². The molecule has 23 heavy (non-hydrogen) atoms. The van der Waals surface area contributed by atoms with E-state index in [9.17, 15) is 14.7 Å². The maximum Gasteiger partial charge on any atom is 0.326 e. The second kappa shape index (κ2) is 8.13. The normalized spacial score (nSPS) is 11.7. The van der Waals surface area contributed by atoms with Crippen LogP contribution in [-0.2, 0) is 16.0 Å². The van der Waals surface area contributed by atoms with E-state index in [-0.39, 0.29) is 12.3 Å². The fraction of sp³-hybridized carbons (Fsp3) is 0.263. The molecule has 2 rings (SSSR count). The zero-order valence-corrected chi connectivity index (χ0v) is 13.2. The Balaban J connectivity index is 2.24. The van der Waals surface area contributed by atoms with Crippen molar-refractivity contribution in [3.63, 3.8) is 0 Å². The van der Waals surface area contributed by atoms with Gasteiger partial charge in [-0.2, -0.15) is 0 Å². The highest BCUT2D eigenvalue weighted by molar-refractivity contribution is 5.84. The maximum absolute atomic E-state index is 11.7. The summed E-state index contributed by atoms with van der Waals surface area (Å²) in [5, 5.41) is 12.0. The summed E-state index contributed by atoms with van der Waals surface area (Å²) < 4.78 is 0. The zero-order valence-electron chi connectivity index (χ0n) is 13.2. The molecule has 0 aromatic heterocycles. The topological polar surface area (TPSA) is 66.4 Å². The molecule has 1 amide bonds. The Bertz CT molecular complexity index is 667. The number of benzene rings is 2. The third-order valence-electron chi connectivity index (χ3n) is 3.64. The van der Waals surface area contributed by atoms with E-state index in [1.54, 1.807) is 0 Å². The van der Waals surface area contributed by atoms with Crippen molar-refractivity contribution >= 4 is 11.9 Å². The van der Waals surface area contributed by atoms with Crippen LogP contribution in [0.25, 0.3) is 11.1 Å². The number of carbonyl (C=O) groups is 2. The average Bonchev–Trinajstić information content (AvgIpc) is 2.55. The summed E-state index contributed by atoms with van der Waals surface area (Å²) >= 11 is 0.